The summed E-state index contributed by atoms with van der Waals surface area (Å²) in [5, 5.41) is 0. The molecule has 0 aliphatic heterocycles. The van der Waals surface area contributed by atoms with Crippen LogP contribution in [0.2, 0.25) is 0 Å². The number of unbranched alkanes of at least 4 members (excludes halogenated alkanes) is 1. The third kappa shape index (κ3) is 4.98. The van der Waals surface area contributed by atoms with Crippen LogP contribution in [0.5, 0.6) is 0 Å². The van der Waals surface area contributed by atoms with Gasteiger partial charge in [0.05, 0.1) is 11.6 Å². The van der Waals surface area contributed by atoms with E-state index in [-0.39, 0.29) is 5.92 Å². The highest BCUT2D eigenvalue weighted by atomic mass is 16.1. The maximum atomic E-state index is 12.1. The lowest BCUT2D eigenvalue weighted by Gasteiger charge is -2.16. The number of hydrogen-bond donors (Lipinski definition) is 0. The lowest BCUT2D eigenvalue weighted by molar-refractivity contribution is -0.120. The van der Waals surface area contributed by atoms with Crippen LogP contribution in [0.15, 0.2) is 35.3 Å². The summed E-state index contributed by atoms with van der Waals surface area (Å²) in [6.45, 7) is 6.19. The SMILES string of the molecule is CCCCC(C(=O)CC)/C(CC)=N\c1ccccc1. The summed E-state index contributed by atoms with van der Waals surface area (Å²) in [6.07, 6.45) is 4.58. The third-order valence-electron chi connectivity index (χ3n) is 3.38. The van der Waals surface area contributed by atoms with Gasteiger partial charge in [-0.25, -0.2) is 0 Å². The second-order valence-electron chi connectivity index (χ2n) is 4.81. The highest BCUT2D eigenvalue weighted by Crippen LogP contribution is 2.20. The smallest absolute Gasteiger partial charge is 0.141 e. The summed E-state index contributed by atoms with van der Waals surface area (Å²) in [7, 11) is 0. The Morgan fingerprint density at radius 2 is 1.79 bits per heavy atom. The molecule has 104 valence electrons. The van der Waals surface area contributed by atoms with Crippen LogP contribution in [-0.4, -0.2) is 11.5 Å². The number of carbonyl (C=O) groups excluding carboxylic acids is 1. The lowest BCUT2D eigenvalue weighted by Crippen LogP contribution is -2.23. The molecule has 0 aliphatic carbocycles. The summed E-state index contributed by atoms with van der Waals surface area (Å²) in [6, 6.07) is 9.92. The van der Waals surface area contributed by atoms with Crippen molar-refractivity contribution in [2.24, 2.45) is 10.9 Å². The number of ketones is 1. The molecule has 0 radical (unpaired) electrons. The van der Waals surface area contributed by atoms with E-state index in [2.05, 4.69) is 13.8 Å². The minimum atomic E-state index is 0.00940. The number of nitrogens with zero attached hydrogens (tertiary/aromatic N) is 1. The van der Waals surface area contributed by atoms with Gasteiger partial charge in [-0.3, -0.25) is 9.79 Å². The maximum Gasteiger partial charge on any atom is 0.141 e. The van der Waals surface area contributed by atoms with Gasteiger partial charge in [-0.1, -0.05) is 51.8 Å². The topological polar surface area (TPSA) is 29.4 Å². The summed E-state index contributed by atoms with van der Waals surface area (Å²) < 4.78 is 0. The average molecular weight is 259 g/mol. The second kappa shape index (κ2) is 8.63. The Morgan fingerprint density at radius 1 is 1.11 bits per heavy atom. The minimum Gasteiger partial charge on any atom is -0.299 e. The molecular formula is C17H25NO. The van der Waals surface area contributed by atoms with Crippen molar-refractivity contribution in [3.8, 4) is 0 Å². The molecule has 0 fully saturated rings. The molecule has 0 saturated heterocycles. The van der Waals surface area contributed by atoms with E-state index in [1.165, 1.54) is 0 Å². The van der Waals surface area contributed by atoms with E-state index in [0.717, 1.165) is 37.1 Å². The summed E-state index contributed by atoms with van der Waals surface area (Å²) in [4.78, 5) is 16.8. The monoisotopic (exact) mass is 259 g/mol. The molecule has 0 saturated carbocycles. The number of rotatable bonds is 8. The van der Waals surface area contributed by atoms with E-state index in [4.69, 9.17) is 4.99 Å². The molecule has 2 heteroatoms. The van der Waals surface area contributed by atoms with Crippen LogP contribution in [-0.2, 0) is 4.79 Å². The Bertz CT molecular complexity index is 409. The van der Waals surface area contributed by atoms with Crippen molar-refractivity contribution < 1.29 is 4.79 Å². The Labute approximate surface area is 117 Å². The van der Waals surface area contributed by atoms with Gasteiger partial charge in [-0.05, 0) is 25.0 Å². The zero-order valence-electron chi connectivity index (χ0n) is 12.4. The molecule has 2 nitrogen and oxygen atoms in total. The Kier molecular flexibility index (Phi) is 7.09. The molecule has 1 aromatic rings. The fourth-order valence-corrected chi connectivity index (χ4v) is 2.24. The van der Waals surface area contributed by atoms with Crippen molar-refractivity contribution >= 4 is 17.2 Å². The molecule has 0 spiro atoms. The third-order valence-corrected chi connectivity index (χ3v) is 3.38. The predicted octanol–water partition coefficient (Wildman–Crippen LogP) is 4.95. The number of benzene rings is 1. The normalized spacial score (nSPS) is 13.3. The summed E-state index contributed by atoms with van der Waals surface area (Å²) >= 11 is 0. The van der Waals surface area contributed by atoms with Crippen molar-refractivity contribution in [2.75, 3.05) is 0 Å². The lowest BCUT2D eigenvalue weighted by atomic mass is 9.89. The Hall–Kier alpha value is -1.44. The molecule has 0 amide bonds. The zero-order chi connectivity index (χ0) is 14.1. The maximum absolute atomic E-state index is 12.1. The van der Waals surface area contributed by atoms with Crippen molar-refractivity contribution in [1.29, 1.82) is 0 Å². The molecule has 0 N–H and O–H groups in total. The van der Waals surface area contributed by atoms with Gasteiger partial charge in [0, 0.05) is 12.1 Å². The molecule has 0 bridgehead atoms. The van der Waals surface area contributed by atoms with Crippen molar-refractivity contribution in [1.82, 2.24) is 0 Å². The second-order valence-corrected chi connectivity index (χ2v) is 4.81. The molecule has 1 aromatic carbocycles. The first kappa shape index (κ1) is 15.6. The van der Waals surface area contributed by atoms with Gasteiger partial charge in [-0.2, -0.15) is 0 Å². The van der Waals surface area contributed by atoms with Gasteiger partial charge in [-0.15, -0.1) is 0 Å². The van der Waals surface area contributed by atoms with Crippen molar-refractivity contribution in [2.45, 2.75) is 52.9 Å². The van der Waals surface area contributed by atoms with Crippen LogP contribution in [0.25, 0.3) is 0 Å². The number of aliphatic imine (C=N–C) groups is 1. The predicted molar refractivity (Wildman–Crippen MR) is 82.1 cm³/mol. The van der Waals surface area contributed by atoms with Crippen LogP contribution in [0.3, 0.4) is 0 Å². The number of para-hydroxylation sites is 1. The quantitative estimate of drug-likeness (QED) is 0.607. The molecule has 0 heterocycles. The van der Waals surface area contributed by atoms with Gasteiger partial charge in [0.25, 0.3) is 0 Å². The largest absolute Gasteiger partial charge is 0.299 e. The van der Waals surface area contributed by atoms with E-state index < -0.39 is 0 Å². The van der Waals surface area contributed by atoms with Crippen LogP contribution < -0.4 is 0 Å². The van der Waals surface area contributed by atoms with E-state index >= 15 is 0 Å². The molecule has 1 atom stereocenters. The number of hydrogen-bond acceptors (Lipinski definition) is 2. The molecule has 19 heavy (non-hydrogen) atoms. The zero-order valence-corrected chi connectivity index (χ0v) is 12.4. The molecular weight excluding hydrogens is 234 g/mol. The van der Waals surface area contributed by atoms with Gasteiger partial charge in [0.15, 0.2) is 0 Å². The first-order valence-electron chi connectivity index (χ1n) is 7.38. The highest BCUT2D eigenvalue weighted by Gasteiger charge is 2.21. The van der Waals surface area contributed by atoms with Gasteiger partial charge >= 0.3 is 0 Å². The first-order chi connectivity index (χ1) is 9.22. The Morgan fingerprint density at radius 3 is 2.32 bits per heavy atom. The summed E-state index contributed by atoms with van der Waals surface area (Å²) in [5.74, 6) is 0.333. The van der Waals surface area contributed by atoms with Gasteiger partial charge in [0.2, 0.25) is 0 Å². The van der Waals surface area contributed by atoms with Gasteiger partial charge < -0.3 is 0 Å². The average Bonchev–Trinajstić information content (AvgIpc) is 2.46. The standard InChI is InChI=1S/C17H25NO/c1-4-7-13-15(17(19)6-3)16(5-2)18-14-11-9-8-10-12-14/h8-12,15H,4-7,13H2,1-3H3/b18-16-. The van der Waals surface area contributed by atoms with E-state index in [1.807, 2.05) is 37.3 Å². The van der Waals surface area contributed by atoms with Crippen molar-refractivity contribution in [3.63, 3.8) is 0 Å². The Balaban J connectivity index is 2.95. The van der Waals surface area contributed by atoms with E-state index in [0.29, 0.717) is 12.2 Å². The molecule has 0 aromatic heterocycles. The molecule has 1 rings (SSSR count). The fourth-order valence-electron chi connectivity index (χ4n) is 2.24. The van der Waals surface area contributed by atoms with Crippen LogP contribution in [0.1, 0.15) is 52.9 Å². The van der Waals surface area contributed by atoms with Crippen LogP contribution in [0.4, 0.5) is 5.69 Å². The fraction of sp³-hybridized carbons (Fsp3) is 0.529. The molecule has 1 unspecified atom stereocenters. The van der Waals surface area contributed by atoms with Gasteiger partial charge in [0.1, 0.15) is 5.78 Å². The van der Waals surface area contributed by atoms with Crippen LogP contribution in [0, 0.1) is 5.92 Å². The van der Waals surface area contributed by atoms with Crippen molar-refractivity contribution in [3.05, 3.63) is 30.3 Å². The minimum absolute atomic E-state index is 0.00940. The molecule has 0 aliphatic rings. The van der Waals surface area contributed by atoms with E-state index in [9.17, 15) is 4.79 Å². The van der Waals surface area contributed by atoms with Crippen LogP contribution >= 0.6 is 0 Å². The summed E-state index contributed by atoms with van der Waals surface area (Å²) in [5.41, 5.74) is 1.98. The first-order valence-corrected chi connectivity index (χ1v) is 7.38. The highest BCUT2D eigenvalue weighted by molar-refractivity contribution is 6.05. The number of Topliss-reactive ketones (excluding diaryl/α,β-unsaturated/α-hetero) is 1. The number of carbonyl (C=O) groups is 1. The van der Waals surface area contributed by atoms with E-state index in [1.54, 1.807) is 0 Å².